The number of alkyl carbamates (subject to hydrolysis) is 2. The molecule has 0 aromatic heterocycles. The standard InChI is InChI=1S/C35H51N7O8/c1-22(2)18-26(36-29(43)28(20-24-14-10-8-11-15-24)38-34(48)50-35(5,6)7)30(44)39-41-32(46)42-40-31(45)27(19-23(3)4)37-33(47)49-21-25-16-12-9-13-17-25/h8-17,22-23,26-28H,18-21H2,1-7H3,(H,36,43)(H,37,47)(H,38,48)(H,39,44)(H,40,45)(H2,41,42,46)/t26-,27-,28-/m0/s1. The van der Waals surface area contributed by atoms with Crippen LogP contribution in [0, 0.1) is 11.8 Å². The van der Waals surface area contributed by atoms with Gasteiger partial charge in [-0.2, -0.15) is 0 Å². The molecular formula is C35H51N7O8. The molecule has 0 aliphatic rings. The van der Waals surface area contributed by atoms with Crippen LogP contribution in [0.3, 0.4) is 0 Å². The number of nitrogens with one attached hydrogen (secondary N) is 7. The zero-order valence-electron chi connectivity index (χ0n) is 29.8. The Labute approximate surface area is 293 Å². The topological polar surface area (TPSA) is 205 Å². The SMILES string of the molecule is CC(C)C[C@H](NC(=O)OCc1ccccc1)C(=O)NNC(=O)NNC(=O)[C@H](CC(C)C)NC(=O)[C@H](Cc1ccccc1)NC(=O)OC(C)(C)C. The van der Waals surface area contributed by atoms with Crippen LogP contribution >= 0.6 is 0 Å². The van der Waals surface area contributed by atoms with Crippen LogP contribution in [0.4, 0.5) is 14.4 Å². The van der Waals surface area contributed by atoms with Crippen molar-refractivity contribution in [2.24, 2.45) is 11.8 Å². The summed E-state index contributed by atoms with van der Waals surface area (Å²) in [4.78, 5) is 76.8. The van der Waals surface area contributed by atoms with Gasteiger partial charge in [0.15, 0.2) is 0 Å². The van der Waals surface area contributed by atoms with E-state index in [-0.39, 0.29) is 37.7 Å². The maximum absolute atomic E-state index is 13.4. The molecule has 0 aliphatic heterocycles. The fraction of sp³-hybridized carbons (Fsp3) is 0.486. The Morgan fingerprint density at radius 2 is 1.04 bits per heavy atom. The second kappa shape index (κ2) is 20.2. The van der Waals surface area contributed by atoms with Crippen molar-refractivity contribution in [3.8, 4) is 0 Å². The minimum absolute atomic E-state index is 0.00742. The van der Waals surface area contributed by atoms with Gasteiger partial charge < -0.3 is 25.4 Å². The Bertz CT molecular complexity index is 1420. The second-order valence-electron chi connectivity index (χ2n) is 13.5. The van der Waals surface area contributed by atoms with Gasteiger partial charge >= 0.3 is 18.2 Å². The van der Waals surface area contributed by atoms with Crippen molar-refractivity contribution in [3.63, 3.8) is 0 Å². The first-order valence-corrected chi connectivity index (χ1v) is 16.5. The molecule has 0 saturated carbocycles. The number of ether oxygens (including phenoxy) is 2. The van der Waals surface area contributed by atoms with Crippen molar-refractivity contribution in [1.82, 2.24) is 37.7 Å². The third-order valence-corrected chi connectivity index (χ3v) is 6.76. The maximum atomic E-state index is 13.4. The Balaban J connectivity index is 1.98. The van der Waals surface area contributed by atoms with Gasteiger partial charge in [0.05, 0.1) is 0 Å². The summed E-state index contributed by atoms with van der Waals surface area (Å²) in [6.07, 6.45) is -1.03. The van der Waals surface area contributed by atoms with Crippen LogP contribution in [0.1, 0.15) is 72.4 Å². The van der Waals surface area contributed by atoms with Crippen LogP contribution in [0.5, 0.6) is 0 Å². The summed E-state index contributed by atoms with van der Waals surface area (Å²) in [5.74, 6) is -2.14. The number of urea groups is 1. The number of amides is 7. The minimum atomic E-state index is -1.10. The Kier molecular flexibility index (Phi) is 16.5. The average molecular weight is 698 g/mol. The van der Waals surface area contributed by atoms with Gasteiger partial charge in [-0.25, -0.2) is 25.2 Å². The summed E-state index contributed by atoms with van der Waals surface area (Å²) in [5, 5.41) is 7.75. The summed E-state index contributed by atoms with van der Waals surface area (Å²) >= 11 is 0. The van der Waals surface area contributed by atoms with E-state index in [4.69, 9.17) is 9.47 Å². The molecule has 15 heteroatoms. The van der Waals surface area contributed by atoms with Gasteiger partial charge in [0, 0.05) is 6.42 Å². The van der Waals surface area contributed by atoms with E-state index in [2.05, 4.69) is 37.7 Å². The van der Waals surface area contributed by atoms with E-state index in [1.807, 2.05) is 39.8 Å². The minimum Gasteiger partial charge on any atom is -0.445 e. The molecule has 7 N–H and O–H groups in total. The molecule has 0 fully saturated rings. The zero-order valence-corrected chi connectivity index (χ0v) is 29.8. The summed E-state index contributed by atoms with van der Waals surface area (Å²) < 4.78 is 10.5. The molecule has 0 heterocycles. The van der Waals surface area contributed by atoms with Crippen LogP contribution in [-0.2, 0) is 36.9 Å². The monoisotopic (exact) mass is 697 g/mol. The fourth-order valence-corrected chi connectivity index (χ4v) is 4.54. The van der Waals surface area contributed by atoms with Gasteiger partial charge in [-0.15, -0.1) is 0 Å². The number of hydrogen-bond acceptors (Lipinski definition) is 8. The molecule has 2 aromatic carbocycles. The van der Waals surface area contributed by atoms with Crippen molar-refractivity contribution < 1.29 is 38.2 Å². The lowest BCUT2D eigenvalue weighted by molar-refractivity contribution is -0.130. The van der Waals surface area contributed by atoms with E-state index in [1.165, 1.54) is 0 Å². The van der Waals surface area contributed by atoms with E-state index in [9.17, 15) is 28.8 Å². The van der Waals surface area contributed by atoms with E-state index >= 15 is 0 Å². The quantitative estimate of drug-likeness (QED) is 0.146. The number of rotatable bonds is 14. The molecule has 7 amide bonds. The van der Waals surface area contributed by atoms with Crippen molar-refractivity contribution in [3.05, 3.63) is 71.8 Å². The maximum Gasteiger partial charge on any atom is 0.408 e. The highest BCUT2D eigenvalue weighted by molar-refractivity contribution is 5.92. The van der Waals surface area contributed by atoms with Crippen LogP contribution in [0.25, 0.3) is 0 Å². The van der Waals surface area contributed by atoms with Crippen molar-refractivity contribution in [2.45, 2.75) is 98.1 Å². The highest BCUT2D eigenvalue weighted by Gasteiger charge is 2.30. The summed E-state index contributed by atoms with van der Waals surface area (Å²) in [5.41, 5.74) is 9.44. The smallest absolute Gasteiger partial charge is 0.408 e. The van der Waals surface area contributed by atoms with Gasteiger partial charge in [-0.05, 0) is 56.6 Å². The van der Waals surface area contributed by atoms with E-state index in [0.29, 0.717) is 0 Å². The summed E-state index contributed by atoms with van der Waals surface area (Å²) in [6, 6.07) is 13.8. The van der Waals surface area contributed by atoms with Gasteiger partial charge in [0.2, 0.25) is 5.91 Å². The molecule has 0 unspecified atom stereocenters. The number of carbonyl (C=O) groups excluding carboxylic acids is 6. The molecule has 274 valence electrons. The Morgan fingerprint density at radius 3 is 1.52 bits per heavy atom. The number of hydrazine groups is 2. The fourth-order valence-electron chi connectivity index (χ4n) is 4.54. The van der Waals surface area contributed by atoms with E-state index in [0.717, 1.165) is 11.1 Å². The number of benzene rings is 2. The predicted octanol–water partition coefficient (Wildman–Crippen LogP) is 3.36. The second-order valence-corrected chi connectivity index (χ2v) is 13.5. The van der Waals surface area contributed by atoms with Gasteiger partial charge in [-0.3, -0.25) is 25.2 Å². The molecular weight excluding hydrogens is 646 g/mol. The van der Waals surface area contributed by atoms with Crippen LogP contribution in [-0.4, -0.2) is 59.7 Å². The third-order valence-electron chi connectivity index (χ3n) is 6.76. The Hall–Kier alpha value is -5.34. The molecule has 0 aliphatic carbocycles. The van der Waals surface area contributed by atoms with E-state index in [1.54, 1.807) is 69.3 Å². The third kappa shape index (κ3) is 16.7. The molecule has 50 heavy (non-hydrogen) atoms. The van der Waals surface area contributed by atoms with E-state index < -0.39 is 59.7 Å². The first-order chi connectivity index (χ1) is 23.5. The summed E-state index contributed by atoms with van der Waals surface area (Å²) in [6.45, 7) is 12.5. The predicted molar refractivity (Wildman–Crippen MR) is 186 cm³/mol. The van der Waals surface area contributed by atoms with Gasteiger partial charge in [0.25, 0.3) is 11.8 Å². The normalized spacial score (nSPS) is 12.8. The lowest BCUT2D eigenvalue weighted by atomic mass is 10.0. The van der Waals surface area contributed by atoms with Crippen LogP contribution in [0.2, 0.25) is 0 Å². The molecule has 0 saturated heterocycles. The molecule has 3 atom stereocenters. The van der Waals surface area contributed by atoms with Crippen LogP contribution < -0.4 is 37.7 Å². The highest BCUT2D eigenvalue weighted by atomic mass is 16.6. The molecule has 0 spiro atoms. The molecule has 0 bridgehead atoms. The molecule has 2 rings (SSSR count). The summed E-state index contributed by atoms with van der Waals surface area (Å²) in [7, 11) is 0. The largest absolute Gasteiger partial charge is 0.445 e. The lowest BCUT2D eigenvalue weighted by Crippen LogP contribution is -2.60. The van der Waals surface area contributed by atoms with Crippen molar-refractivity contribution >= 4 is 35.9 Å². The van der Waals surface area contributed by atoms with Crippen molar-refractivity contribution in [1.29, 1.82) is 0 Å². The van der Waals surface area contributed by atoms with Crippen LogP contribution in [0.15, 0.2) is 60.7 Å². The average Bonchev–Trinajstić information content (AvgIpc) is 3.03. The lowest BCUT2D eigenvalue weighted by Gasteiger charge is -2.26. The molecule has 0 radical (unpaired) electrons. The number of carbonyl (C=O) groups is 6. The number of hydrogen-bond donors (Lipinski definition) is 7. The van der Waals surface area contributed by atoms with Gasteiger partial charge in [-0.1, -0.05) is 88.4 Å². The van der Waals surface area contributed by atoms with Gasteiger partial charge in [0.1, 0.15) is 30.3 Å². The first-order valence-electron chi connectivity index (χ1n) is 16.5. The Morgan fingerprint density at radius 1 is 0.580 bits per heavy atom. The highest BCUT2D eigenvalue weighted by Crippen LogP contribution is 2.11. The molecule has 2 aromatic rings. The van der Waals surface area contributed by atoms with Crippen molar-refractivity contribution in [2.75, 3.05) is 0 Å². The zero-order chi connectivity index (χ0) is 37.3. The molecule has 15 nitrogen and oxygen atoms in total. The first kappa shape index (κ1) is 40.8.